The number of methoxy groups -OCH3 is 1. The van der Waals surface area contributed by atoms with Crippen LogP contribution in [0.2, 0.25) is 0 Å². The Labute approximate surface area is 144 Å². The number of allylic oxidation sites excluding steroid dienone is 3. The van der Waals surface area contributed by atoms with Crippen molar-refractivity contribution in [1.29, 1.82) is 0 Å². The first-order valence-electron chi connectivity index (χ1n) is 7.67. The number of aliphatic carboxylic acids is 1. The summed E-state index contributed by atoms with van der Waals surface area (Å²) in [7, 11) is 1.53. The molecule has 3 rings (SSSR count). The number of hydrogen-bond acceptors (Lipinski definition) is 7. The van der Waals surface area contributed by atoms with Crippen LogP contribution >= 0.6 is 0 Å². The Hall–Kier alpha value is -3.00. The molecule has 8 nitrogen and oxygen atoms in total. The quantitative estimate of drug-likeness (QED) is 0.850. The average Bonchev–Trinajstić information content (AvgIpc) is 3.03. The van der Waals surface area contributed by atoms with E-state index in [9.17, 15) is 9.90 Å². The Morgan fingerprint density at radius 3 is 2.80 bits per heavy atom. The molecular formula is C17H18N4O4. The van der Waals surface area contributed by atoms with Gasteiger partial charge in [-0.25, -0.2) is 4.79 Å². The first-order chi connectivity index (χ1) is 12.0. The lowest BCUT2D eigenvalue weighted by Gasteiger charge is -2.28. The van der Waals surface area contributed by atoms with Gasteiger partial charge >= 0.3 is 5.97 Å². The molecule has 0 bridgehead atoms. The molecule has 8 heteroatoms. The van der Waals surface area contributed by atoms with Crippen molar-refractivity contribution in [3.8, 4) is 0 Å². The molecule has 130 valence electrons. The van der Waals surface area contributed by atoms with Crippen molar-refractivity contribution in [3.05, 3.63) is 58.8 Å². The van der Waals surface area contributed by atoms with Crippen LogP contribution in [0.4, 0.5) is 0 Å². The van der Waals surface area contributed by atoms with Crippen LogP contribution in [0.3, 0.4) is 0 Å². The number of dihydropyridines is 1. The number of nitrogens with zero attached hydrogens (tertiary/aromatic N) is 3. The van der Waals surface area contributed by atoms with E-state index < -0.39 is 11.9 Å². The van der Waals surface area contributed by atoms with Crippen LogP contribution in [0.15, 0.2) is 45.9 Å². The molecule has 0 radical (unpaired) electrons. The molecule has 3 heterocycles. The minimum atomic E-state index is -1.02. The number of carbonyl (C=O) groups is 1. The number of pyridine rings is 1. The van der Waals surface area contributed by atoms with E-state index in [4.69, 9.17) is 9.26 Å². The summed E-state index contributed by atoms with van der Waals surface area (Å²) < 4.78 is 10.2. The van der Waals surface area contributed by atoms with Gasteiger partial charge in [0.25, 0.3) is 5.89 Å². The molecule has 0 aromatic carbocycles. The summed E-state index contributed by atoms with van der Waals surface area (Å²) >= 11 is 0. The third kappa shape index (κ3) is 3.16. The van der Waals surface area contributed by atoms with Crippen molar-refractivity contribution in [1.82, 2.24) is 20.4 Å². The first-order valence-corrected chi connectivity index (χ1v) is 7.67. The Balaban J connectivity index is 2.16. The number of ether oxygens (including phenoxy) is 1. The Morgan fingerprint density at radius 1 is 1.36 bits per heavy atom. The number of aromatic nitrogens is 3. The van der Waals surface area contributed by atoms with Gasteiger partial charge in [0.15, 0.2) is 0 Å². The standard InChI is InChI=1S/C17H18N4O4/c1-9-13(16-20-12(8-24-3)25-21-16)15(11-6-4-5-7-18-11)14(17(22)23)10(2)19-9/h4-7,15,19H,8H2,1-3H3,(H,22,23). The molecule has 2 aromatic heterocycles. The molecule has 0 saturated carbocycles. The summed E-state index contributed by atoms with van der Waals surface area (Å²) in [6.07, 6.45) is 1.63. The molecule has 0 saturated heterocycles. The molecule has 0 fully saturated rings. The second kappa shape index (κ2) is 6.86. The van der Waals surface area contributed by atoms with Crippen LogP contribution in [0.5, 0.6) is 0 Å². The summed E-state index contributed by atoms with van der Waals surface area (Å²) in [4.78, 5) is 20.6. The fourth-order valence-electron chi connectivity index (χ4n) is 2.96. The van der Waals surface area contributed by atoms with E-state index in [2.05, 4.69) is 20.4 Å². The van der Waals surface area contributed by atoms with E-state index in [-0.39, 0.29) is 12.2 Å². The Morgan fingerprint density at radius 2 is 2.16 bits per heavy atom. The summed E-state index contributed by atoms with van der Waals surface area (Å²) in [5.41, 5.74) is 2.74. The van der Waals surface area contributed by atoms with Crippen molar-refractivity contribution in [2.75, 3.05) is 7.11 Å². The number of carboxylic acids is 1. The van der Waals surface area contributed by atoms with Crippen LogP contribution in [0, 0.1) is 0 Å². The zero-order valence-corrected chi connectivity index (χ0v) is 14.1. The topological polar surface area (TPSA) is 110 Å². The largest absolute Gasteiger partial charge is 0.478 e. The van der Waals surface area contributed by atoms with Crippen LogP contribution in [-0.2, 0) is 16.1 Å². The molecule has 1 atom stereocenters. The Bertz CT molecular complexity index is 855. The molecule has 1 aliphatic heterocycles. The van der Waals surface area contributed by atoms with Gasteiger partial charge in [0.2, 0.25) is 5.82 Å². The molecule has 25 heavy (non-hydrogen) atoms. The lowest BCUT2D eigenvalue weighted by Crippen LogP contribution is -2.28. The highest BCUT2D eigenvalue weighted by Gasteiger charge is 2.36. The fourth-order valence-corrected chi connectivity index (χ4v) is 2.96. The maximum Gasteiger partial charge on any atom is 0.334 e. The van der Waals surface area contributed by atoms with E-state index in [1.807, 2.05) is 13.0 Å². The Kier molecular flexibility index (Phi) is 4.62. The van der Waals surface area contributed by atoms with Crippen molar-refractivity contribution >= 4 is 11.5 Å². The van der Waals surface area contributed by atoms with Gasteiger partial charge in [-0.1, -0.05) is 11.2 Å². The monoisotopic (exact) mass is 342 g/mol. The van der Waals surface area contributed by atoms with Gasteiger partial charge in [0.1, 0.15) is 6.61 Å². The lowest BCUT2D eigenvalue weighted by atomic mass is 9.82. The van der Waals surface area contributed by atoms with Crippen LogP contribution in [0.25, 0.3) is 5.57 Å². The zero-order valence-electron chi connectivity index (χ0n) is 14.1. The third-order valence-electron chi connectivity index (χ3n) is 3.95. The molecule has 2 aromatic rings. The van der Waals surface area contributed by atoms with E-state index in [0.29, 0.717) is 28.7 Å². The molecule has 0 amide bonds. The van der Waals surface area contributed by atoms with Crippen molar-refractivity contribution in [2.24, 2.45) is 0 Å². The minimum Gasteiger partial charge on any atom is -0.478 e. The zero-order chi connectivity index (χ0) is 18.0. The number of carboxylic acid groups (broad SMARTS) is 1. The molecule has 0 spiro atoms. The number of hydrogen-bond donors (Lipinski definition) is 2. The van der Waals surface area contributed by atoms with Gasteiger partial charge in [0.05, 0.1) is 17.2 Å². The maximum atomic E-state index is 11.9. The van der Waals surface area contributed by atoms with E-state index in [1.165, 1.54) is 7.11 Å². The number of rotatable bonds is 5. The third-order valence-corrected chi connectivity index (χ3v) is 3.95. The fraction of sp³-hybridized carbons (Fsp3) is 0.294. The van der Waals surface area contributed by atoms with Gasteiger partial charge in [-0.15, -0.1) is 0 Å². The minimum absolute atomic E-state index is 0.182. The average molecular weight is 342 g/mol. The predicted octanol–water partition coefficient (Wildman–Crippen LogP) is 2.09. The van der Waals surface area contributed by atoms with Gasteiger partial charge in [-0.3, -0.25) is 4.98 Å². The second-order valence-electron chi connectivity index (χ2n) is 5.64. The number of nitrogens with one attached hydrogen (secondary N) is 1. The van der Waals surface area contributed by atoms with Gasteiger partial charge in [-0.05, 0) is 26.0 Å². The van der Waals surface area contributed by atoms with Crippen LogP contribution < -0.4 is 5.32 Å². The summed E-state index contributed by atoms with van der Waals surface area (Å²) in [6.45, 7) is 3.76. The van der Waals surface area contributed by atoms with E-state index >= 15 is 0 Å². The molecule has 1 unspecified atom stereocenters. The maximum absolute atomic E-state index is 11.9. The van der Waals surface area contributed by atoms with Crippen molar-refractivity contribution < 1.29 is 19.2 Å². The van der Waals surface area contributed by atoms with Gasteiger partial charge in [-0.2, -0.15) is 4.98 Å². The van der Waals surface area contributed by atoms with Gasteiger partial charge in [0, 0.05) is 30.3 Å². The normalized spacial score (nSPS) is 17.6. The molecule has 0 aliphatic carbocycles. The molecule has 2 N–H and O–H groups in total. The highest BCUT2D eigenvalue weighted by atomic mass is 16.5. The smallest absolute Gasteiger partial charge is 0.334 e. The van der Waals surface area contributed by atoms with Crippen LogP contribution in [-0.4, -0.2) is 33.3 Å². The second-order valence-corrected chi connectivity index (χ2v) is 5.64. The van der Waals surface area contributed by atoms with Crippen LogP contribution in [0.1, 0.15) is 37.2 Å². The summed E-state index contributed by atoms with van der Waals surface area (Å²) in [5.74, 6) is -0.987. The predicted molar refractivity (Wildman–Crippen MR) is 88.1 cm³/mol. The van der Waals surface area contributed by atoms with Gasteiger partial charge < -0.3 is 19.7 Å². The lowest BCUT2D eigenvalue weighted by molar-refractivity contribution is -0.133. The highest BCUT2D eigenvalue weighted by Crippen LogP contribution is 2.41. The molecular weight excluding hydrogens is 324 g/mol. The summed E-state index contributed by atoms with van der Waals surface area (Å²) in [5, 5.41) is 16.8. The highest BCUT2D eigenvalue weighted by molar-refractivity contribution is 5.95. The van der Waals surface area contributed by atoms with Crippen molar-refractivity contribution in [2.45, 2.75) is 26.4 Å². The van der Waals surface area contributed by atoms with E-state index in [0.717, 1.165) is 5.70 Å². The molecule has 1 aliphatic rings. The summed E-state index contributed by atoms with van der Waals surface area (Å²) in [6, 6.07) is 5.39. The van der Waals surface area contributed by atoms with E-state index in [1.54, 1.807) is 25.3 Å². The first kappa shape index (κ1) is 16.8. The SMILES string of the molecule is COCc1nc(C2=C(C)NC(C)=C(C(=O)O)C2c2ccccn2)no1. The van der Waals surface area contributed by atoms with Crippen molar-refractivity contribution in [3.63, 3.8) is 0 Å².